The van der Waals surface area contributed by atoms with Crippen LogP contribution in [0.25, 0.3) is 0 Å². The zero-order valence-corrected chi connectivity index (χ0v) is 11.5. The second-order valence-corrected chi connectivity index (χ2v) is 6.84. The Morgan fingerprint density at radius 1 is 1.50 bits per heavy atom. The van der Waals surface area contributed by atoms with Gasteiger partial charge in [-0.25, -0.2) is 4.76 Å². The molecule has 0 aliphatic carbocycles. The van der Waals surface area contributed by atoms with Crippen molar-refractivity contribution in [3.8, 4) is 0 Å². The summed E-state index contributed by atoms with van der Waals surface area (Å²) < 4.78 is 14.7. The molecule has 6 heteroatoms. The molecule has 16 heavy (non-hydrogen) atoms. The topological polar surface area (TPSA) is 49.7 Å². The molecular weight excluding hydrogens is 265 g/mol. The van der Waals surface area contributed by atoms with Crippen molar-refractivity contribution in [2.75, 3.05) is 6.66 Å². The summed E-state index contributed by atoms with van der Waals surface area (Å²) in [5, 5.41) is 1.32. The molecule has 1 aromatic rings. The van der Waals surface area contributed by atoms with Gasteiger partial charge in [0.1, 0.15) is 0 Å². The van der Waals surface area contributed by atoms with Crippen molar-refractivity contribution in [1.29, 1.82) is 0 Å². The molecule has 0 amide bonds. The van der Waals surface area contributed by atoms with Crippen LogP contribution in [-0.2, 0) is 10.3 Å². The summed E-state index contributed by atoms with van der Waals surface area (Å²) in [5.41, 5.74) is 1.10. The highest BCUT2D eigenvalue weighted by Gasteiger charge is 2.07. The van der Waals surface area contributed by atoms with Crippen LogP contribution < -0.4 is 0 Å². The molecule has 0 aliphatic rings. The van der Waals surface area contributed by atoms with Crippen molar-refractivity contribution < 1.29 is 9.46 Å². The zero-order chi connectivity index (χ0) is 12.2. The maximum absolute atomic E-state index is 11.0. The third-order valence-electron chi connectivity index (χ3n) is 1.69. The normalized spacial score (nSPS) is 15.9. The first kappa shape index (κ1) is 13.8. The maximum Gasteiger partial charge on any atom is 0.309 e. The van der Waals surface area contributed by atoms with E-state index in [2.05, 4.69) is 4.76 Å². The van der Waals surface area contributed by atoms with Gasteiger partial charge in [0.05, 0.1) is 5.04 Å². The van der Waals surface area contributed by atoms with Crippen molar-refractivity contribution in [3.05, 3.63) is 34.9 Å². The van der Waals surface area contributed by atoms with E-state index in [0.717, 1.165) is 5.56 Å². The van der Waals surface area contributed by atoms with E-state index < -0.39 is 7.52 Å². The molecule has 1 unspecified atom stereocenters. The van der Waals surface area contributed by atoms with E-state index in [1.807, 2.05) is 24.3 Å². The Bertz CT molecular complexity index is 427. The number of hydrogen-bond donors (Lipinski definition) is 1. The van der Waals surface area contributed by atoms with Crippen LogP contribution in [-0.4, -0.2) is 16.6 Å². The average molecular weight is 278 g/mol. The van der Waals surface area contributed by atoms with E-state index in [1.165, 1.54) is 18.4 Å². The Hall–Kier alpha value is -0.280. The molecule has 3 nitrogen and oxygen atoms in total. The van der Waals surface area contributed by atoms with Gasteiger partial charge in [-0.1, -0.05) is 23.7 Å². The second kappa shape index (κ2) is 5.87. The molecule has 0 aromatic heterocycles. The Morgan fingerprint density at radius 3 is 2.56 bits per heavy atom. The first-order chi connectivity index (χ1) is 7.37. The van der Waals surface area contributed by atoms with Crippen molar-refractivity contribution in [2.45, 2.75) is 12.7 Å². The molecule has 1 atom stereocenters. The van der Waals surface area contributed by atoms with Gasteiger partial charge in [-0.15, -0.1) is 11.8 Å². The number of benzene rings is 1. The largest absolute Gasteiger partial charge is 0.328 e. The quantitative estimate of drug-likeness (QED) is 0.519. The zero-order valence-electron chi connectivity index (χ0n) is 9.05. The van der Waals surface area contributed by atoms with Gasteiger partial charge in [-0.2, -0.15) is 0 Å². The number of halogens is 1. The number of nitrogens with zero attached hydrogens (tertiary/aromatic N) is 1. The standard InChI is InChI=1S/C10H13ClNO2PS/c1-8(12-15(2,13)14)16-7-9-3-5-10(11)6-4-9/h3-6H,7H2,1-2H3,(H,13,14). The minimum Gasteiger partial charge on any atom is -0.328 e. The van der Waals surface area contributed by atoms with Gasteiger partial charge in [0.25, 0.3) is 0 Å². The van der Waals surface area contributed by atoms with E-state index in [-0.39, 0.29) is 0 Å². The van der Waals surface area contributed by atoms with Crippen molar-refractivity contribution in [3.63, 3.8) is 0 Å². The lowest BCUT2D eigenvalue weighted by atomic mass is 10.2. The summed E-state index contributed by atoms with van der Waals surface area (Å²) in [6.07, 6.45) is 0. The van der Waals surface area contributed by atoms with Crippen LogP contribution in [0.3, 0.4) is 0 Å². The van der Waals surface area contributed by atoms with Crippen LogP contribution in [0.5, 0.6) is 0 Å². The Balaban J connectivity index is 2.55. The number of hydrogen-bond acceptors (Lipinski definition) is 2. The fourth-order valence-electron chi connectivity index (χ4n) is 1.06. The molecule has 0 radical (unpaired) electrons. The van der Waals surface area contributed by atoms with Crippen LogP contribution in [0.1, 0.15) is 12.5 Å². The van der Waals surface area contributed by atoms with Gasteiger partial charge in [0, 0.05) is 17.4 Å². The molecule has 0 spiro atoms. The van der Waals surface area contributed by atoms with Gasteiger partial charge >= 0.3 is 7.52 Å². The Labute approximate surface area is 104 Å². The van der Waals surface area contributed by atoms with E-state index in [1.54, 1.807) is 6.92 Å². The molecule has 1 aromatic carbocycles. The summed E-state index contributed by atoms with van der Waals surface area (Å²) in [4.78, 5) is 9.06. The molecule has 0 aliphatic heterocycles. The fourth-order valence-corrected chi connectivity index (χ4v) is 2.96. The predicted octanol–water partition coefficient (Wildman–Crippen LogP) is 3.81. The van der Waals surface area contributed by atoms with Gasteiger partial charge in [0.15, 0.2) is 0 Å². The molecule has 0 saturated heterocycles. The SMILES string of the molecule is CC(=NP(C)(=O)O)SCc1ccc(Cl)cc1. The minimum atomic E-state index is -3.30. The Kier molecular flexibility index (Phi) is 5.06. The van der Waals surface area contributed by atoms with E-state index in [0.29, 0.717) is 15.8 Å². The molecule has 1 N–H and O–H groups in total. The van der Waals surface area contributed by atoms with Gasteiger partial charge < -0.3 is 4.89 Å². The van der Waals surface area contributed by atoms with Crippen LogP contribution in [0, 0.1) is 0 Å². The highest BCUT2D eigenvalue weighted by Crippen LogP contribution is 2.38. The average Bonchev–Trinajstić information content (AvgIpc) is 2.14. The number of thioether (sulfide) groups is 1. The third kappa shape index (κ3) is 5.71. The predicted molar refractivity (Wildman–Crippen MR) is 71.6 cm³/mol. The molecule has 0 saturated carbocycles. The highest BCUT2D eigenvalue weighted by atomic mass is 35.5. The van der Waals surface area contributed by atoms with Crippen LogP contribution in [0.2, 0.25) is 5.02 Å². The Morgan fingerprint density at radius 2 is 2.06 bits per heavy atom. The monoisotopic (exact) mass is 277 g/mol. The van der Waals surface area contributed by atoms with E-state index in [9.17, 15) is 4.57 Å². The lowest BCUT2D eigenvalue weighted by molar-refractivity contribution is 0.487. The lowest BCUT2D eigenvalue weighted by Crippen LogP contribution is -1.87. The fraction of sp³-hybridized carbons (Fsp3) is 0.300. The maximum atomic E-state index is 11.0. The second-order valence-electron chi connectivity index (χ2n) is 3.37. The van der Waals surface area contributed by atoms with E-state index in [4.69, 9.17) is 16.5 Å². The summed E-state index contributed by atoms with van der Waals surface area (Å²) in [5.74, 6) is 0.715. The highest BCUT2D eigenvalue weighted by molar-refractivity contribution is 8.13. The van der Waals surface area contributed by atoms with Crippen LogP contribution >= 0.6 is 30.9 Å². The summed E-state index contributed by atoms with van der Waals surface area (Å²) in [6, 6.07) is 7.49. The molecule has 88 valence electrons. The van der Waals surface area contributed by atoms with Crippen LogP contribution in [0.15, 0.2) is 29.0 Å². The molecule has 0 fully saturated rings. The van der Waals surface area contributed by atoms with Gasteiger partial charge in [-0.05, 0) is 24.6 Å². The third-order valence-corrected chi connectivity index (χ3v) is 3.73. The summed E-state index contributed by atoms with van der Waals surface area (Å²) in [6.45, 7) is 2.95. The van der Waals surface area contributed by atoms with Gasteiger partial charge in [0.2, 0.25) is 0 Å². The van der Waals surface area contributed by atoms with Crippen LogP contribution in [0.4, 0.5) is 0 Å². The first-order valence-electron chi connectivity index (χ1n) is 4.61. The molecule has 0 heterocycles. The summed E-state index contributed by atoms with van der Waals surface area (Å²) >= 11 is 7.20. The molecule has 0 bridgehead atoms. The number of rotatable bonds is 3. The van der Waals surface area contributed by atoms with Crippen molar-refractivity contribution in [2.24, 2.45) is 4.76 Å². The summed E-state index contributed by atoms with van der Waals surface area (Å²) in [7, 11) is -3.30. The minimum absolute atomic E-state index is 0.614. The smallest absolute Gasteiger partial charge is 0.309 e. The lowest BCUT2D eigenvalue weighted by Gasteiger charge is -2.03. The molecule has 1 rings (SSSR count). The van der Waals surface area contributed by atoms with E-state index >= 15 is 0 Å². The van der Waals surface area contributed by atoms with Gasteiger partial charge in [-0.3, -0.25) is 4.57 Å². The first-order valence-corrected chi connectivity index (χ1v) is 8.03. The molecular formula is C10H13ClNO2PS. The van der Waals surface area contributed by atoms with Crippen molar-refractivity contribution in [1.82, 2.24) is 0 Å². The van der Waals surface area contributed by atoms with Crippen molar-refractivity contribution >= 4 is 35.9 Å².